The lowest BCUT2D eigenvalue weighted by atomic mass is 9.91. The first-order chi connectivity index (χ1) is 11.5. The Morgan fingerprint density at radius 2 is 1.96 bits per heavy atom. The quantitative estimate of drug-likeness (QED) is 0.830. The summed E-state index contributed by atoms with van der Waals surface area (Å²) in [6.45, 7) is 2.63. The number of ether oxygens (including phenoxy) is 3. The second-order valence-electron chi connectivity index (χ2n) is 6.22. The van der Waals surface area contributed by atoms with Gasteiger partial charge in [-0.2, -0.15) is 0 Å². The van der Waals surface area contributed by atoms with Gasteiger partial charge in [-0.25, -0.2) is 4.79 Å². The average Bonchev–Trinajstić information content (AvgIpc) is 2.62. The highest BCUT2D eigenvalue weighted by Crippen LogP contribution is 2.33. The number of aliphatic carboxylic acids is 1. The highest BCUT2D eigenvalue weighted by atomic mass is 16.6. The number of hydrogen-bond donors (Lipinski definition) is 2. The highest BCUT2D eigenvalue weighted by Gasteiger charge is 2.41. The van der Waals surface area contributed by atoms with Crippen LogP contribution in [0.25, 0.3) is 0 Å². The van der Waals surface area contributed by atoms with Gasteiger partial charge in [0, 0.05) is 26.7 Å². The first kappa shape index (κ1) is 17.0. The zero-order valence-electron chi connectivity index (χ0n) is 13.7. The molecule has 1 atom stereocenters. The molecule has 7 nitrogen and oxygen atoms in total. The maximum absolute atomic E-state index is 11.4. The Morgan fingerprint density at radius 1 is 1.29 bits per heavy atom. The van der Waals surface area contributed by atoms with E-state index in [2.05, 4.69) is 4.90 Å². The molecule has 0 radical (unpaired) electrons. The molecule has 0 aromatic heterocycles. The Morgan fingerprint density at radius 3 is 2.58 bits per heavy atom. The van der Waals surface area contributed by atoms with E-state index in [9.17, 15) is 15.0 Å². The molecule has 1 fully saturated rings. The third-order valence-electron chi connectivity index (χ3n) is 4.83. The van der Waals surface area contributed by atoms with Crippen molar-refractivity contribution >= 4 is 5.97 Å². The van der Waals surface area contributed by atoms with Gasteiger partial charge in [-0.1, -0.05) is 6.07 Å². The van der Waals surface area contributed by atoms with E-state index >= 15 is 0 Å². The number of piperidine rings is 1. The number of carbonyl (C=O) groups is 1. The predicted octanol–water partition coefficient (Wildman–Crippen LogP) is 1.06. The van der Waals surface area contributed by atoms with E-state index in [1.54, 1.807) is 6.07 Å². The Bertz CT molecular complexity index is 597. The monoisotopic (exact) mass is 337 g/mol. The lowest BCUT2D eigenvalue weighted by molar-refractivity contribution is -0.168. The molecule has 1 aromatic rings. The molecule has 1 unspecified atom stereocenters. The summed E-state index contributed by atoms with van der Waals surface area (Å²) in [4.78, 5) is 13.4. The van der Waals surface area contributed by atoms with Crippen molar-refractivity contribution < 1.29 is 29.2 Å². The van der Waals surface area contributed by atoms with E-state index in [0.29, 0.717) is 57.2 Å². The predicted molar refractivity (Wildman–Crippen MR) is 85.4 cm³/mol. The lowest BCUT2D eigenvalue weighted by Crippen LogP contribution is -2.51. The number of benzene rings is 1. The summed E-state index contributed by atoms with van der Waals surface area (Å²) in [6.07, 6.45) is 0.153. The van der Waals surface area contributed by atoms with Gasteiger partial charge in [-0.05, 0) is 30.5 Å². The van der Waals surface area contributed by atoms with Gasteiger partial charge in [0.2, 0.25) is 0 Å². The van der Waals surface area contributed by atoms with Crippen molar-refractivity contribution in [1.29, 1.82) is 0 Å². The van der Waals surface area contributed by atoms with Crippen LogP contribution in [-0.2, 0) is 9.53 Å². The number of carboxylic acid groups (broad SMARTS) is 1. The van der Waals surface area contributed by atoms with Crippen LogP contribution in [0.5, 0.6) is 11.5 Å². The molecule has 2 aliphatic heterocycles. The summed E-state index contributed by atoms with van der Waals surface area (Å²) >= 11 is 0. The molecule has 3 rings (SSSR count). The molecule has 24 heavy (non-hydrogen) atoms. The van der Waals surface area contributed by atoms with Gasteiger partial charge >= 0.3 is 5.97 Å². The highest BCUT2D eigenvalue weighted by molar-refractivity contribution is 5.77. The van der Waals surface area contributed by atoms with E-state index in [4.69, 9.17) is 14.2 Å². The molecule has 0 amide bonds. The van der Waals surface area contributed by atoms with Gasteiger partial charge < -0.3 is 29.3 Å². The topological polar surface area (TPSA) is 88.5 Å². The minimum atomic E-state index is -1.10. The zero-order chi connectivity index (χ0) is 17.2. The third-order valence-corrected chi connectivity index (χ3v) is 4.83. The van der Waals surface area contributed by atoms with Crippen LogP contribution in [0.2, 0.25) is 0 Å². The molecule has 2 heterocycles. The van der Waals surface area contributed by atoms with Crippen molar-refractivity contribution in [3.8, 4) is 11.5 Å². The number of nitrogens with zero attached hydrogens (tertiary/aromatic N) is 1. The SMILES string of the molecule is COC1(C(=O)O)CCN(CC(O)c2ccc3c(c2)OCCO3)CC1. The molecular formula is C17H23NO6. The Labute approximate surface area is 140 Å². The number of fused-ring (bicyclic) bond motifs is 1. The summed E-state index contributed by atoms with van der Waals surface area (Å²) in [5.41, 5.74) is -0.334. The van der Waals surface area contributed by atoms with Gasteiger partial charge in [0.25, 0.3) is 0 Å². The largest absolute Gasteiger partial charge is 0.486 e. The number of aliphatic hydroxyl groups excluding tert-OH is 1. The van der Waals surface area contributed by atoms with Crippen molar-refractivity contribution in [1.82, 2.24) is 4.90 Å². The number of aliphatic hydroxyl groups is 1. The van der Waals surface area contributed by atoms with Crippen molar-refractivity contribution in [2.75, 3.05) is 40.0 Å². The molecule has 0 saturated carbocycles. The van der Waals surface area contributed by atoms with Crippen LogP contribution in [0.15, 0.2) is 18.2 Å². The second kappa shape index (κ2) is 6.96. The Balaban J connectivity index is 1.60. The number of methoxy groups -OCH3 is 1. The number of hydrogen-bond acceptors (Lipinski definition) is 6. The molecule has 0 aliphatic carbocycles. The molecule has 2 aliphatic rings. The van der Waals surface area contributed by atoms with Crippen molar-refractivity contribution in [3.63, 3.8) is 0 Å². The summed E-state index contributed by atoms with van der Waals surface area (Å²) in [5.74, 6) is 0.430. The third kappa shape index (κ3) is 3.33. The molecule has 0 spiro atoms. The summed E-state index contributed by atoms with van der Waals surface area (Å²) in [6, 6.07) is 5.45. The number of likely N-dealkylation sites (tertiary alicyclic amines) is 1. The normalized spacial score (nSPS) is 21.2. The van der Waals surface area contributed by atoms with E-state index in [-0.39, 0.29) is 0 Å². The first-order valence-electron chi connectivity index (χ1n) is 8.12. The minimum absolute atomic E-state index is 0.409. The fraction of sp³-hybridized carbons (Fsp3) is 0.588. The zero-order valence-corrected chi connectivity index (χ0v) is 13.7. The maximum atomic E-state index is 11.4. The molecule has 7 heteroatoms. The molecule has 0 bridgehead atoms. The number of β-amino-alcohol motifs (C(OH)–C–C–N with tert-alkyl or cyclic N) is 1. The van der Waals surface area contributed by atoms with Crippen LogP contribution in [-0.4, -0.2) is 66.6 Å². The smallest absolute Gasteiger partial charge is 0.336 e. The van der Waals surface area contributed by atoms with E-state index < -0.39 is 17.7 Å². The molecule has 1 aromatic carbocycles. The van der Waals surface area contributed by atoms with Crippen LogP contribution < -0.4 is 9.47 Å². The van der Waals surface area contributed by atoms with Gasteiger partial charge in [-0.15, -0.1) is 0 Å². The van der Waals surface area contributed by atoms with Crippen LogP contribution in [0.1, 0.15) is 24.5 Å². The molecular weight excluding hydrogens is 314 g/mol. The molecule has 1 saturated heterocycles. The summed E-state index contributed by atoms with van der Waals surface area (Å²) in [7, 11) is 1.44. The maximum Gasteiger partial charge on any atom is 0.336 e. The van der Waals surface area contributed by atoms with Gasteiger partial charge in [-0.3, -0.25) is 0 Å². The van der Waals surface area contributed by atoms with Gasteiger partial charge in [0.15, 0.2) is 17.1 Å². The van der Waals surface area contributed by atoms with Crippen LogP contribution in [0.4, 0.5) is 0 Å². The molecule has 132 valence electrons. The fourth-order valence-corrected chi connectivity index (χ4v) is 3.22. The van der Waals surface area contributed by atoms with Crippen molar-refractivity contribution in [2.24, 2.45) is 0 Å². The lowest BCUT2D eigenvalue weighted by Gasteiger charge is -2.38. The van der Waals surface area contributed by atoms with E-state index in [0.717, 1.165) is 5.56 Å². The summed E-state index contributed by atoms with van der Waals surface area (Å²) < 4.78 is 16.2. The van der Waals surface area contributed by atoms with Gasteiger partial charge in [0.1, 0.15) is 13.2 Å². The van der Waals surface area contributed by atoms with Crippen LogP contribution >= 0.6 is 0 Å². The number of carboxylic acids is 1. The van der Waals surface area contributed by atoms with Crippen molar-refractivity contribution in [3.05, 3.63) is 23.8 Å². The fourth-order valence-electron chi connectivity index (χ4n) is 3.22. The second-order valence-corrected chi connectivity index (χ2v) is 6.22. The first-order valence-corrected chi connectivity index (χ1v) is 8.12. The van der Waals surface area contributed by atoms with Crippen LogP contribution in [0.3, 0.4) is 0 Å². The van der Waals surface area contributed by atoms with Crippen LogP contribution in [0, 0.1) is 0 Å². The number of rotatable bonds is 5. The molecule has 2 N–H and O–H groups in total. The van der Waals surface area contributed by atoms with E-state index in [1.807, 2.05) is 12.1 Å². The average molecular weight is 337 g/mol. The van der Waals surface area contributed by atoms with Gasteiger partial charge in [0.05, 0.1) is 6.10 Å². The Kier molecular flexibility index (Phi) is 4.93. The van der Waals surface area contributed by atoms with Crippen molar-refractivity contribution in [2.45, 2.75) is 24.5 Å². The summed E-state index contributed by atoms with van der Waals surface area (Å²) in [5, 5.41) is 19.8. The Hall–Kier alpha value is -1.83. The van der Waals surface area contributed by atoms with E-state index in [1.165, 1.54) is 7.11 Å². The standard InChI is InChI=1S/C17H23NO6/c1-22-17(16(20)21)4-6-18(7-5-17)11-13(19)12-2-3-14-15(10-12)24-9-8-23-14/h2-3,10,13,19H,4-9,11H2,1H3,(H,20,21). The minimum Gasteiger partial charge on any atom is -0.486 e.